The SMILES string of the molecule is O=C(c1cnccc1Cl)N(CCO)C1CCC1. The largest absolute Gasteiger partial charge is 0.395 e. The molecule has 1 heterocycles. The Kier molecular flexibility index (Phi) is 3.97. The van der Waals surface area contributed by atoms with Crippen LogP contribution in [0.3, 0.4) is 0 Å². The van der Waals surface area contributed by atoms with Crippen molar-refractivity contribution in [2.24, 2.45) is 0 Å². The van der Waals surface area contributed by atoms with E-state index in [2.05, 4.69) is 4.98 Å². The maximum atomic E-state index is 12.3. The van der Waals surface area contributed by atoms with E-state index >= 15 is 0 Å². The summed E-state index contributed by atoms with van der Waals surface area (Å²) >= 11 is 5.98. The van der Waals surface area contributed by atoms with Gasteiger partial charge in [-0.25, -0.2) is 0 Å². The maximum absolute atomic E-state index is 12.3. The van der Waals surface area contributed by atoms with Gasteiger partial charge >= 0.3 is 0 Å². The second kappa shape index (κ2) is 5.47. The summed E-state index contributed by atoms with van der Waals surface area (Å²) in [6, 6.07) is 1.85. The summed E-state index contributed by atoms with van der Waals surface area (Å²) in [5.74, 6) is -0.137. The first-order chi connectivity index (χ1) is 8.24. The molecular weight excluding hydrogens is 240 g/mol. The number of aromatic nitrogens is 1. The van der Waals surface area contributed by atoms with Crippen LogP contribution in [0.2, 0.25) is 5.02 Å². The van der Waals surface area contributed by atoms with Gasteiger partial charge in [-0.1, -0.05) is 11.6 Å². The first kappa shape index (κ1) is 12.3. The molecule has 1 amide bonds. The third-order valence-corrected chi connectivity index (χ3v) is 3.45. The van der Waals surface area contributed by atoms with Crippen LogP contribution in [0.5, 0.6) is 0 Å². The molecule has 1 aliphatic rings. The zero-order valence-corrected chi connectivity index (χ0v) is 10.2. The Morgan fingerprint density at radius 2 is 2.35 bits per heavy atom. The predicted octanol–water partition coefficient (Wildman–Crippen LogP) is 1.72. The molecule has 2 rings (SSSR count). The fraction of sp³-hybridized carbons (Fsp3) is 0.500. The molecular formula is C12H15ClN2O2. The summed E-state index contributed by atoms with van der Waals surface area (Å²) in [6.07, 6.45) is 6.18. The highest BCUT2D eigenvalue weighted by Gasteiger charge is 2.29. The highest BCUT2D eigenvalue weighted by molar-refractivity contribution is 6.33. The van der Waals surface area contributed by atoms with Gasteiger partial charge in [0, 0.05) is 25.0 Å². The molecule has 0 aromatic carbocycles. The van der Waals surface area contributed by atoms with Gasteiger partial charge in [0.1, 0.15) is 0 Å². The van der Waals surface area contributed by atoms with Gasteiger partial charge in [0.15, 0.2) is 0 Å². The van der Waals surface area contributed by atoms with Crippen molar-refractivity contribution >= 4 is 17.5 Å². The van der Waals surface area contributed by atoms with E-state index in [1.807, 2.05) is 0 Å². The lowest BCUT2D eigenvalue weighted by atomic mass is 9.91. The molecule has 1 N–H and O–H groups in total. The predicted molar refractivity (Wildman–Crippen MR) is 65.0 cm³/mol. The van der Waals surface area contributed by atoms with Crippen LogP contribution in [0.15, 0.2) is 18.5 Å². The molecule has 1 fully saturated rings. The fourth-order valence-corrected chi connectivity index (χ4v) is 2.13. The summed E-state index contributed by atoms with van der Waals surface area (Å²) in [5.41, 5.74) is 0.412. The van der Waals surface area contributed by atoms with Crippen molar-refractivity contribution in [3.05, 3.63) is 29.0 Å². The lowest BCUT2D eigenvalue weighted by Gasteiger charge is -2.37. The lowest BCUT2D eigenvalue weighted by molar-refractivity contribution is 0.0525. The van der Waals surface area contributed by atoms with Crippen LogP contribution in [0, 0.1) is 0 Å². The van der Waals surface area contributed by atoms with Crippen molar-refractivity contribution < 1.29 is 9.90 Å². The van der Waals surface area contributed by atoms with Crippen LogP contribution in [0.4, 0.5) is 0 Å². The average molecular weight is 255 g/mol. The summed E-state index contributed by atoms with van der Waals surface area (Å²) in [6.45, 7) is 0.328. The van der Waals surface area contributed by atoms with E-state index in [4.69, 9.17) is 16.7 Å². The molecule has 0 radical (unpaired) electrons. The molecule has 0 aliphatic heterocycles. The number of pyridine rings is 1. The summed E-state index contributed by atoms with van der Waals surface area (Å²) < 4.78 is 0. The van der Waals surface area contributed by atoms with Crippen LogP contribution in [0.1, 0.15) is 29.6 Å². The monoisotopic (exact) mass is 254 g/mol. The quantitative estimate of drug-likeness (QED) is 0.890. The second-order valence-electron chi connectivity index (χ2n) is 4.16. The number of hydrogen-bond donors (Lipinski definition) is 1. The van der Waals surface area contributed by atoms with Gasteiger partial charge in [0.05, 0.1) is 17.2 Å². The van der Waals surface area contributed by atoms with Gasteiger partial charge < -0.3 is 10.0 Å². The maximum Gasteiger partial charge on any atom is 0.257 e. The van der Waals surface area contributed by atoms with Crippen LogP contribution >= 0.6 is 11.6 Å². The third-order valence-electron chi connectivity index (χ3n) is 3.12. The summed E-state index contributed by atoms with van der Waals surface area (Å²) in [5, 5.41) is 9.44. The van der Waals surface area contributed by atoms with Crippen LogP contribution in [-0.2, 0) is 0 Å². The van der Waals surface area contributed by atoms with E-state index in [0.717, 1.165) is 19.3 Å². The molecule has 0 atom stereocenters. The molecule has 92 valence electrons. The van der Waals surface area contributed by atoms with E-state index in [9.17, 15) is 4.79 Å². The van der Waals surface area contributed by atoms with Crippen molar-refractivity contribution in [3.63, 3.8) is 0 Å². The van der Waals surface area contributed by atoms with Gasteiger partial charge in [-0.2, -0.15) is 0 Å². The van der Waals surface area contributed by atoms with Crippen molar-refractivity contribution in [2.45, 2.75) is 25.3 Å². The standard InChI is InChI=1S/C12H15ClN2O2/c13-11-4-5-14-8-10(11)12(17)15(6-7-16)9-2-1-3-9/h4-5,8-9,16H,1-3,6-7H2. The zero-order valence-electron chi connectivity index (χ0n) is 9.47. The third kappa shape index (κ3) is 2.58. The number of hydrogen-bond acceptors (Lipinski definition) is 3. The first-order valence-corrected chi connectivity index (χ1v) is 6.13. The highest BCUT2D eigenvalue weighted by Crippen LogP contribution is 2.27. The minimum Gasteiger partial charge on any atom is -0.395 e. The Morgan fingerprint density at radius 3 is 2.88 bits per heavy atom. The number of carbonyl (C=O) groups is 1. The number of halogens is 1. The van der Waals surface area contributed by atoms with Crippen molar-refractivity contribution in [3.8, 4) is 0 Å². The van der Waals surface area contributed by atoms with Crippen molar-refractivity contribution in [1.29, 1.82) is 0 Å². The van der Waals surface area contributed by atoms with Crippen LogP contribution in [-0.4, -0.2) is 40.1 Å². The molecule has 0 spiro atoms. The molecule has 4 nitrogen and oxygen atoms in total. The molecule has 5 heteroatoms. The van der Waals surface area contributed by atoms with E-state index in [-0.39, 0.29) is 18.6 Å². The van der Waals surface area contributed by atoms with E-state index in [0.29, 0.717) is 17.1 Å². The summed E-state index contributed by atoms with van der Waals surface area (Å²) in [7, 11) is 0. The molecule has 1 aromatic heterocycles. The number of nitrogens with zero attached hydrogens (tertiary/aromatic N) is 2. The first-order valence-electron chi connectivity index (χ1n) is 5.75. The molecule has 0 unspecified atom stereocenters. The van der Waals surface area contributed by atoms with Gasteiger partial charge in [-0.05, 0) is 25.3 Å². The van der Waals surface area contributed by atoms with E-state index in [1.165, 1.54) is 6.20 Å². The highest BCUT2D eigenvalue weighted by atomic mass is 35.5. The molecule has 17 heavy (non-hydrogen) atoms. The number of amides is 1. The Balaban J connectivity index is 2.18. The van der Waals surface area contributed by atoms with Crippen LogP contribution in [0.25, 0.3) is 0 Å². The molecule has 1 aromatic rings. The number of aliphatic hydroxyl groups is 1. The zero-order chi connectivity index (χ0) is 12.3. The van der Waals surface area contributed by atoms with Crippen LogP contribution < -0.4 is 0 Å². The van der Waals surface area contributed by atoms with E-state index < -0.39 is 0 Å². The van der Waals surface area contributed by atoms with E-state index in [1.54, 1.807) is 17.2 Å². The van der Waals surface area contributed by atoms with Gasteiger partial charge in [0.2, 0.25) is 0 Å². The Morgan fingerprint density at radius 1 is 1.59 bits per heavy atom. The number of rotatable bonds is 4. The molecule has 1 saturated carbocycles. The molecule has 0 saturated heterocycles. The minimum absolute atomic E-state index is 0.0277. The number of aliphatic hydroxyl groups excluding tert-OH is 1. The average Bonchev–Trinajstić information content (AvgIpc) is 2.26. The van der Waals surface area contributed by atoms with Gasteiger partial charge in [0.25, 0.3) is 5.91 Å². The molecule has 0 bridgehead atoms. The van der Waals surface area contributed by atoms with Gasteiger partial charge in [-0.3, -0.25) is 9.78 Å². The number of carbonyl (C=O) groups excluding carboxylic acids is 1. The normalized spacial score (nSPS) is 15.4. The summed E-state index contributed by atoms with van der Waals surface area (Å²) in [4.78, 5) is 17.9. The Bertz CT molecular complexity index is 407. The fourth-order valence-electron chi connectivity index (χ4n) is 1.95. The Hall–Kier alpha value is -1.13. The van der Waals surface area contributed by atoms with Gasteiger partial charge in [-0.15, -0.1) is 0 Å². The topological polar surface area (TPSA) is 53.4 Å². The smallest absolute Gasteiger partial charge is 0.257 e. The van der Waals surface area contributed by atoms with Crippen molar-refractivity contribution in [2.75, 3.05) is 13.2 Å². The minimum atomic E-state index is -0.137. The Labute approximate surface area is 105 Å². The lowest BCUT2D eigenvalue weighted by Crippen LogP contribution is -2.45. The second-order valence-corrected chi connectivity index (χ2v) is 4.57. The molecule has 1 aliphatic carbocycles. The van der Waals surface area contributed by atoms with Crippen molar-refractivity contribution in [1.82, 2.24) is 9.88 Å².